The summed E-state index contributed by atoms with van der Waals surface area (Å²) in [5, 5.41) is 8.66. The zero-order valence-electron chi connectivity index (χ0n) is 15.0. The van der Waals surface area contributed by atoms with Crippen LogP contribution < -0.4 is 10.2 Å². The SMILES string of the molecule is Cn1ncc2c(Cl)cc(N3CCC(NC(=O)OC(C)(C)C)CC3)nc21. The summed E-state index contributed by atoms with van der Waals surface area (Å²) in [5.41, 5.74) is 0.292. The lowest BCUT2D eigenvalue weighted by Crippen LogP contribution is -2.46. The van der Waals surface area contributed by atoms with E-state index in [1.54, 1.807) is 10.9 Å². The van der Waals surface area contributed by atoms with Crippen LogP contribution in [0, 0.1) is 0 Å². The summed E-state index contributed by atoms with van der Waals surface area (Å²) in [5.74, 6) is 0.844. The minimum absolute atomic E-state index is 0.113. The highest BCUT2D eigenvalue weighted by Crippen LogP contribution is 2.28. The molecule has 0 saturated carbocycles. The third-order valence-electron chi connectivity index (χ3n) is 4.18. The third-order valence-corrected chi connectivity index (χ3v) is 4.49. The number of aromatic nitrogens is 3. The number of carbonyl (C=O) groups is 1. The second-order valence-electron chi connectivity index (χ2n) is 7.38. The number of nitrogens with zero attached hydrogens (tertiary/aromatic N) is 4. The van der Waals surface area contributed by atoms with Crippen molar-refractivity contribution in [3.63, 3.8) is 0 Å². The van der Waals surface area contributed by atoms with Crippen molar-refractivity contribution in [1.82, 2.24) is 20.1 Å². The number of ether oxygens (including phenoxy) is 1. The predicted molar refractivity (Wildman–Crippen MR) is 98.1 cm³/mol. The first-order valence-corrected chi connectivity index (χ1v) is 8.83. The van der Waals surface area contributed by atoms with Crippen molar-refractivity contribution in [1.29, 1.82) is 0 Å². The highest BCUT2D eigenvalue weighted by molar-refractivity contribution is 6.35. The van der Waals surface area contributed by atoms with E-state index < -0.39 is 5.60 Å². The first-order valence-electron chi connectivity index (χ1n) is 8.45. The van der Waals surface area contributed by atoms with E-state index in [0.29, 0.717) is 5.02 Å². The highest BCUT2D eigenvalue weighted by atomic mass is 35.5. The molecule has 0 spiro atoms. The van der Waals surface area contributed by atoms with Crippen LogP contribution in [0.3, 0.4) is 0 Å². The highest BCUT2D eigenvalue weighted by Gasteiger charge is 2.24. The normalized spacial score (nSPS) is 16.3. The summed E-state index contributed by atoms with van der Waals surface area (Å²) in [6.07, 6.45) is 3.04. The van der Waals surface area contributed by atoms with E-state index in [9.17, 15) is 4.79 Å². The first-order chi connectivity index (χ1) is 11.7. The maximum Gasteiger partial charge on any atom is 0.407 e. The van der Waals surface area contributed by atoms with Crippen molar-refractivity contribution >= 4 is 34.5 Å². The van der Waals surface area contributed by atoms with Gasteiger partial charge < -0.3 is 15.0 Å². The van der Waals surface area contributed by atoms with Gasteiger partial charge in [0, 0.05) is 32.2 Å². The van der Waals surface area contributed by atoms with Crippen molar-refractivity contribution in [3.8, 4) is 0 Å². The van der Waals surface area contributed by atoms with E-state index in [1.165, 1.54) is 0 Å². The number of alkyl carbamates (subject to hydrolysis) is 1. The summed E-state index contributed by atoms with van der Waals surface area (Å²) in [6.45, 7) is 7.18. The number of hydrogen-bond acceptors (Lipinski definition) is 5. The molecule has 1 aliphatic heterocycles. The molecule has 0 bridgehead atoms. The number of piperidine rings is 1. The number of aryl methyl sites for hydroxylation is 1. The summed E-state index contributed by atoms with van der Waals surface area (Å²) in [6, 6.07) is 2.00. The summed E-state index contributed by atoms with van der Waals surface area (Å²) >= 11 is 6.36. The van der Waals surface area contributed by atoms with Gasteiger partial charge in [-0.1, -0.05) is 11.6 Å². The van der Waals surface area contributed by atoms with E-state index >= 15 is 0 Å². The lowest BCUT2D eigenvalue weighted by atomic mass is 10.1. The molecule has 1 amide bonds. The number of fused-ring (bicyclic) bond motifs is 1. The molecule has 2 aromatic rings. The van der Waals surface area contributed by atoms with Crippen LogP contribution >= 0.6 is 11.6 Å². The Hall–Kier alpha value is -2.02. The zero-order chi connectivity index (χ0) is 18.2. The van der Waals surface area contributed by atoms with Crippen LogP contribution in [0.4, 0.5) is 10.6 Å². The van der Waals surface area contributed by atoms with E-state index in [4.69, 9.17) is 16.3 Å². The van der Waals surface area contributed by atoms with Gasteiger partial charge >= 0.3 is 6.09 Å². The van der Waals surface area contributed by atoms with Gasteiger partial charge in [-0.05, 0) is 33.6 Å². The molecular formula is C17H24ClN5O2. The molecule has 3 heterocycles. The Morgan fingerprint density at radius 1 is 1.36 bits per heavy atom. The van der Waals surface area contributed by atoms with Crippen molar-refractivity contribution in [2.24, 2.45) is 7.05 Å². The number of nitrogens with one attached hydrogen (secondary N) is 1. The van der Waals surface area contributed by atoms with Crippen molar-refractivity contribution in [3.05, 3.63) is 17.3 Å². The number of halogens is 1. The van der Waals surface area contributed by atoms with Crippen LogP contribution in [0.2, 0.25) is 5.02 Å². The quantitative estimate of drug-likeness (QED) is 0.885. The lowest BCUT2D eigenvalue weighted by molar-refractivity contribution is 0.0497. The second-order valence-corrected chi connectivity index (χ2v) is 7.78. The Morgan fingerprint density at radius 3 is 2.68 bits per heavy atom. The summed E-state index contributed by atoms with van der Waals surface area (Å²) < 4.78 is 7.04. The van der Waals surface area contributed by atoms with Crippen molar-refractivity contribution < 1.29 is 9.53 Å². The lowest BCUT2D eigenvalue weighted by Gasteiger charge is -2.33. The number of hydrogen-bond donors (Lipinski definition) is 1. The number of anilines is 1. The van der Waals surface area contributed by atoms with Gasteiger partial charge in [-0.3, -0.25) is 4.68 Å². The molecule has 1 fully saturated rings. The van der Waals surface area contributed by atoms with Crippen LogP contribution in [0.5, 0.6) is 0 Å². The molecule has 0 aliphatic carbocycles. The van der Waals surface area contributed by atoms with Crippen LogP contribution in [0.1, 0.15) is 33.6 Å². The molecule has 0 unspecified atom stereocenters. The van der Waals surface area contributed by atoms with Crippen molar-refractivity contribution in [2.75, 3.05) is 18.0 Å². The van der Waals surface area contributed by atoms with E-state index in [-0.39, 0.29) is 12.1 Å². The minimum Gasteiger partial charge on any atom is -0.444 e. The molecule has 0 radical (unpaired) electrons. The molecule has 1 saturated heterocycles. The number of carbonyl (C=O) groups excluding carboxylic acids is 1. The van der Waals surface area contributed by atoms with Crippen LogP contribution in [0.25, 0.3) is 11.0 Å². The summed E-state index contributed by atoms with van der Waals surface area (Å²) in [7, 11) is 1.85. The van der Waals surface area contributed by atoms with Gasteiger partial charge in [0.25, 0.3) is 0 Å². The Kier molecular flexibility index (Phi) is 4.77. The van der Waals surface area contributed by atoms with Gasteiger partial charge in [0.1, 0.15) is 11.4 Å². The largest absolute Gasteiger partial charge is 0.444 e. The number of amides is 1. The summed E-state index contributed by atoms with van der Waals surface area (Å²) in [4.78, 5) is 18.8. The maximum absolute atomic E-state index is 11.9. The van der Waals surface area contributed by atoms with Crippen LogP contribution in [-0.4, -0.2) is 45.6 Å². The first kappa shape index (κ1) is 17.8. The minimum atomic E-state index is -0.482. The van der Waals surface area contributed by atoms with E-state index in [0.717, 1.165) is 42.8 Å². The second kappa shape index (κ2) is 6.71. The van der Waals surface area contributed by atoms with Crippen molar-refractivity contribution in [2.45, 2.75) is 45.3 Å². The molecular weight excluding hydrogens is 342 g/mol. The molecule has 136 valence electrons. The Balaban J connectivity index is 1.63. The predicted octanol–water partition coefficient (Wildman–Crippen LogP) is 3.12. The van der Waals surface area contributed by atoms with Crippen LogP contribution in [-0.2, 0) is 11.8 Å². The number of pyridine rings is 1. The zero-order valence-corrected chi connectivity index (χ0v) is 15.8. The maximum atomic E-state index is 11.9. The average molecular weight is 366 g/mol. The fourth-order valence-corrected chi connectivity index (χ4v) is 3.18. The topological polar surface area (TPSA) is 72.3 Å². The Labute approximate surface area is 152 Å². The Bertz CT molecular complexity index is 775. The van der Waals surface area contributed by atoms with Gasteiger partial charge in [-0.25, -0.2) is 9.78 Å². The smallest absolute Gasteiger partial charge is 0.407 e. The average Bonchev–Trinajstić information content (AvgIpc) is 2.88. The van der Waals surface area contributed by atoms with Gasteiger partial charge in [0.05, 0.1) is 16.6 Å². The van der Waals surface area contributed by atoms with Gasteiger partial charge in [0.2, 0.25) is 0 Å². The van der Waals surface area contributed by atoms with Gasteiger partial charge in [-0.15, -0.1) is 0 Å². The van der Waals surface area contributed by atoms with Gasteiger partial charge in [-0.2, -0.15) is 5.10 Å². The molecule has 25 heavy (non-hydrogen) atoms. The van der Waals surface area contributed by atoms with Crippen LogP contribution in [0.15, 0.2) is 12.3 Å². The van der Waals surface area contributed by atoms with Gasteiger partial charge in [0.15, 0.2) is 5.65 Å². The third kappa shape index (κ3) is 4.15. The Morgan fingerprint density at radius 2 is 2.04 bits per heavy atom. The molecule has 3 rings (SSSR count). The number of rotatable bonds is 2. The molecule has 8 heteroatoms. The fraction of sp³-hybridized carbons (Fsp3) is 0.588. The molecule has 2 aromatic heterocycles. The molecule has 0 aromatic carbocycles. The van der Waals surface area contributed by atoms with E-state index in [2.05, 4.69) is 20.3 Å². The van der Waals surface area contributed by atoms with E-state index in [1.807, 2.05) is 33.9 Å². The molecule has 7 nitrogen and oxygen atoms in total. The molecule has 0 atom stereocenters. The molecule has 1 aliphatic rings. The fourth-order valence-electron chi connectivity index (χ4n) is 2.95. The standard InChI is InChI=1S/C17H24ClN5O2/c1-17(2,3)25-16(24)20-11-5-7-23(8-6-11)14-9-13(18)12-10-19-22(4)15(12)21-14/h9-11H,5-8H2,1-4H3,(H,20,24). The molecule has 1 N–H and O–H groups in total. The monoisotopic (exact) mass is 365 g/mol.